The summed E-state index contributed by atoms with van der Waals surface area (Å²) >= 11 is 0. The standard InChI is InChI=1S/C22H15F5N4O3/c1-12(22(25,26)27)34-18-11-17(31-21(33)30-9-5-4-8-19(30)29-31)15(24)10-13(18)20(32)28-16-7-3-2-6-14(16)23/h2-12H,1H3,(H,28,32)/t12-/m0/s1. The molecular weight excluding hydrogens is 463 g/mol. The molecule has 0 aliphatic rings. The molecule has 0 aliphatic carbocycles. The Morgan fingerprint density at radius 1 is 1.06 bits per heavy atom. The van der Waals surface area contributed by atoms with Gasteiger partial charge in [0.1, 0.15) is 23.1 Å². The van der Waals surface area contributed by atoms with Crippen LogP contribution >= 0.6 is 0 Å². The molecule has 1 N–H and O–H groups in total. The fourth-order valence-corrected chi connectivity index (χ4v) is 3.07. The van der Waals surface area contributed by atoms with Gasteiger partial charge in [0.15, 0.2) is 11.8 Å². The first-order valence-electron chi connectivity index (χ1n) is 9.76. The van der Waals surface area contributed by atoms with Gasteiger partial charge < -0.3 is 10.1 Å². The lowest BCUT2D eigenvalue weighted by Gasteiger charge is -2.20. The third-order valence-corrected chi connectivity index (χ3v) is 4.84. The molecule has 0 saturated heterocycles. The van der Waals surface area contributed by atoms with Gasteiger partial charge in [0.2, 0.25) is 0 Å². The summed E-state index contributed by atoms with van der Waals surface area (Å²) in [5.41, 5.74) is -2.10. The van der Waals surface area contributed by atoms with Crippen molar-refractivity contribution in [2.24, 2.45) is 0 Å². The summed E-state index contributed by atoms with van der Waals surface area (Å²) < 4.78 is 75.1. The van der Waals surface area contributed by atoms with Crippen molar-refractivity contribution in [1.29, 1.82) is 0 Å². The van der Waals surface area contributed by atoms with E-state index in [2.05, 4.69) is 10.4 Å². The van der Waals surface area contributed by atoms with Crippen LogP contribution in [0.15, 0.2) is 65.6 Å². The quantitative estimate of drug-likeness (QED) is 0.433. The topological polar surface area (TPSA) is 77.6 Å². The molecule has 0 fully saturated rings. The second kappa shape index (κ2) is 8.61. The Morgan fingerprint density at radius 3 is 2.44 bits per heavy atom. The lowest BCUT2D eigenvalue weighted by molar-refractivity contribution is -0.189. The van der Waals surface area contributed by atoms with Crippen molar-refractivity contribution in [3.8, 4) is 11.4 Å². The van der Waals surface area contributed by atoms with Crippen molar-refractivity contribution >= 4 is 17.2 Å². The fourth-order valence-electron chi connectivity index (χ4n) is 3.07. The highest BCUT2D eigenvalue weighted by Gasteiger charge is 2.39. The van der Waals surface area contributed by atoms with E-state index in [-0.39, 0.29) is 11.3 Å². The summed E-state index contributed by atoms with van der Waals surface area (Å²) in [5.74, 6) is -3.76. The molecule has 0 unspecified atom stereocenters. The van der Waals surface area contributed by atoms with Crippen LogP contribution in [0.5, 0.6) is 5.75 Å². The number of hydrogen-bond acceptors (Lipinski definition) is 4. The molecule has 0 spiro atoms. The molecule has 0 bridgehead atoms. The molecule has 7 nitrogen and oxygen atoms in total. The first-order chi connectivity index (χ1) is 16.1. The van der Waals surface area contributed by atoms with E-state index >= 15 is 4.39 Å². The maximum absolute atomic E-state index is 15.0. The summed E-state index contributed by atoms with van der Waals surface area (Å²) in [6, 6.07) is 11.0. The molecule has 34 heavy (non-hydrogen) atoms. The number of carbonyl (C=O) groups excluding carboxylic acids is 1. The van der Waals surface area contributed by atoms with Crippen LogP contribution < -0.4 is 15.7 Å². The number of ether oxygens (including phenoxy) is 1. The number of anilines is 1. The van der Waals surface area contributed by atoms with Crippen LogP contribution in [0.25, 0.3) is 11.3 Å². The Hall–Kier alpha value is -4.22. The zero-order chi connectivity index (χ0) is 24.6. The van der Waals surface area contributed by atoms with Crippen LogP contribution in [0.1, 0.15) is 17.3 Å². The molecule has 0 radical (unpaired) electrons. The highest BCUT2D eigenvalue weighted by molar-refractivity contribution is 6.06. The monoisotopic (exact) mass is 478 g/mol. The Kier molecular flexibility index (Phi) is 5.82. The van der Waals surface area contributed by atoms with Crippen LogP contribution in [0.4, 0.5) is 27.6 Å². The van der Waals surface area contributed by atoms with E-state index in [1.807, 2.05) is 0 Å². The van der Waals surface area contributed by atoms with Crippen molar-refractivity contribution in [1.82, 2.24) is 14.2 Å². The number of halogens is 5. The van der Waals surface area contributed by atoms with E-state index in [9.17, 15) is 27.2 Å². The number of para-hydroxylation sites is 1. The summed E-state index contributed by atoms with van der Waals surface area (Å²) in [6.07, 6.45) is -5.82. The molecule has 176 valence electrons. The first kappa shape index (κ1) is 23.0. The molecule has 1 atom stereocenters. The molecule has 0 aliphatic heterocycles. The van der Waals surface area contributed by atoms with E-state index in [0.29, 0.717) is 17.7 Å². The van der Waals surface area contributed by atoms with Crippen LogP contribution in [-0.4, -0.2) is 32.4 Å². The average Bonchev–Trinajstić information content (AvgIpc) is 3.12. The number of rotatable bonds is 5. The largest absolute Gasteiger partial charge is 0.480 e. The van der Waals surface area contributed by atoms with E-state index in [4.69, 9.17) is 4.74 Å². The zero-order valence-electron chi connectivity index (χ0n) is 17.3. The molecule has 2 aromatic carbocycles. The molecule has 2 heterocycles. The summed E-state index contributed by atoms with van der Waals surface area (Å²) in [6.45, 7) is 0.693. The van der Waals surface area contributed by atoms with Gasteiger partial charge in [-0.15, -0.1) is 5.10 Å². The van der Waals surface area contributed by atoms with E-state index in [0.717, 1.165) is 16.5 Å². The maximum Gasteiger partial charge on any atom is 0.425 e. The number of aromatic nitrogens is 3. The molecule has 12 heteroatoms. The van der Waals surface area contributed by atoms with Gasteiger partial charge in [0.05, 0.1) is 11.3 Å². The lowest BCUT2D eigenvalue weighted by atomic mass is 10.1. The average molecular weight is 478 g/mol. The normalized spacial score (nSPS) is 12.5. The second-order valence-corrected chi connectivity index (χ2v) is 7.16. The number of nitrogens with zero attached hydrogens (tertiary/aromatic N) is 3. The molecule has 4 rings (SSSR count). The minimum absolute atomic E-state index is 0.152. The van der Waals surface area contributed by atoms with Crippen LogP contribution in [0.3, 0.4) is 0 Å². The Bertz CT molecular complexity index is 1440. The van der Waals surface area contributed by atoms with Gasteiger partial charge in [0, 0.05) is 12.3 Å². The number of carbonyl (C=O) groups is 1. The highest BCUT2D eigenvalue weighted by Crippen LogP contribution is 2.31. The molecule has 4 aromatic rings. The van der Waals surface area contributed by atoms with Crippen molar-refractivity contribution in [3.05, 3.63) is 88.5 Å². The zero-order valence-corrected chi connectivity index (χ0v) is 17.3. The SMILES string of the molecule is C[C@H](Oc1cc(-n2nc3ccccn3c2=O)c(F)cc1C(=O)Nc1ccccc1F)C(F)(F)F. The Labute approximate surface area is 188 Å². The number of fused-ring (bicyclic) bond motifs is 1. The summed E-state index contributed by atoms with van der Waals surface area (Å²) in [7, 11) is 0. The Morgan fingerprint density at radius 2 is 1.76 bits per heavy atom. The van der Waals surface area contributed by atoms with Crippen molar-refractivity contribution in [3.63, 3.8) is 0 Å². The van der Waals surface area contributed by atoms with Crippen LogP contribution in [0, 0.1) is 11.6 Å². The van der Waals surface area contributed by atoms with Crippen LogP contribution in [-0.2, 0) is 0 Å². The van der Waals surface area contributed by atoms with Gasteiger partial charge in [-0.1, -0.05) is 18.2 Å². The molecule has 0 saturated carbocycles. The number of nitrogens with one attached hydrogen (secondary N) is 1. The minimum Gasteiger partial charge on any atom is -0.480 e. The third kappa shape index (κ3) is 4.34. The van der Waals surface area contributed by atoms with Gasteiger partial charge in [-0.3, -0.25) is 4.79 Å². The molecular formula is C22H15F5N4O3. The predicted octanol–water partition coefficient (Wildman–Crippen LogP) is 4.35. The summed E-state index contributed by atoms with van der Waals surface area (Å²) in [4.78, 5) is 25.4. The number of hydrogen-bond donors (Lipinski definition) is 1. The molecule has 1 amide bonds. The Balaban J connectivity index is 1.83. The summed E-state index contributed by atoms with van der Waals surface area (Å²) in [5, 5.41) is 6.13. The van der Waals surface area contributed by atoms with Gasteiger partial charge in [0.25, 0.3) is 5.91 Å². The lowest BCUT2D eigenvalue weighted by Crippen LogP contribution is -2.32. The second-order valence-electron chi connectivity index (χ2n) is 7.16. The molecule has 2 aromatic heterocycles. The van der Waals surface area contributed by atoms with Gasteiger partial charge in [-0.05, 0) is 37.3 Å². The number of benzene rings is 2. The maximum atomic E-state index is 15.0. The van der Waals surface area contributed by atoms with E-state index in [1.165, 1.54) is 36.5 Å². The fraction of sp³-hybridized carbons (Fsp3) is 0.136. The van der Waals surface area contributed by atoms with Gasteiger partial charge in [-0.2, -0.15) is 17.9 Å². The first-order valence-corrected chi connectivity index (χ1v) is 9.76. The van der Waals surface area contributed by atoms with Crippen molar-refractivity contribution in [2.75, 3.05) is 5.32 Å². The van der Waals surface area contributed by atoms with Crippen LogP contribution in [0.2, 0.25) is 0 Å². The van der Waals surface area contributed by atoms with Crippen molar-refractivity contribution < 1.29 is 31.5 Å². The third-order valence-electron chi connectivity index (χ3n) is 4.84. The highest BCUT2D eigenvalue weighted by atomic mass is 19.4. The van der Waals surface area contributed by atoms with E-state index < -0.39 is 52.5 Å². The number of amides is 1. The number of alkyl halides is 3. The smallest absolute Gasteiger partial charge is 0.425 e. The van der Waals surface area contributed by atoms with Gasteiger partial charge in [-0.25, -0.2) is 18.0 Å². The van der Waals surface area contributed by atoms with E-state index in [1.54, 1.807) is 6.07 Å². The minimum atomic E-state index is -4.81. The van der Waals surface area contributed by atoms with Crippen molar-refractivity contribution in [2.45, 2.75) is 19.2 Å². The predicted molar refractivity (Wildman–Crippen MR) is 111 cm³/mol. The van der Waals surface area contributed by atoms with Gasteiger partial charge >= 0.3 is 11.9 Å². The number of pyridine rings is 1.